The minimum absolute atomic E-state index is 0.557. The maximum absolute atomic E-state index is 5.87. The molecule has 0 spiro atoms. The Hall–Kier alpha value is -1.06. The first-order chi connectivity index (χ1) is 9.13. The molecule has 2 rings (SSSR count). The summed E-state index contributed by atoms with van der Waals surface area (Å²) in [6.07, 6.45) is 1.84. The fourth-order valence-electron chi connectivity index (χ4n) is 2.57. The highest BCUT2D eigenvalue weighted by molar-refractivity contribution is 5.43. The molecule has 0 aromatic heterocycles. The van der Waals surface area contributed by atoms with E-state index in [0.29, 0.717) is 13.2 Å². The predicted octanol–water partition coefficient (Wildman–Crippen LogP) is 3.70. The second-order valence-corrected chi connectivity index (χ2v) is 5.08. The van der Waals surface area contributed by atoms with Crippen LogP contribution in [0.2, 0.25) is 0 Å². The van der Waals surface area contributed by atoms with Gasteiger partial charge in [0.15, 0.2) is 5.79 Å². The summed E-state index contributed by atoms with van der Waals surface area (Å²) in [6, 6.07) is 4.25. The van der Waals surface area contributed by atoms with Crippen LogP contribution >= 0.6 is 0 Å². The molecule has 1 heterocycles. The molecule has 3 nitrogen and oxygen atoms in total. The van der Waals surface area contributed by atoms with Crippen molar-refractivity contribution in [1.29, 1.82) is 0 Å². The minimum atomic E-state index is -0.557. The zero-order chi connectivity index (χ0) is 13.9. The molecule has 1 aromatic rings. The first-order valence-corrected chi connectivity index (χ1v) is 7.15. The number of ether oxygens (including phenoxy) is 3. The van der Waals surface area contributed by atoms with E-state index in [1.54, 1.807) is 0 Å². The molecular weight excluding hydrogens is 240 g/mol. The van der Waals surface area contributed by atoms with Crippen LogP contribution < -0.4 is 4.74 Å². The summed E-state index contributed by atoms with van der Waals surface area (Å²) in [5.74, 6) is 0.408. The van der Waals surface area contributed by atoms with Gasteiger partial charge in [0, 0.05) is 12.0 Å². The molecule has 0 bridgehead atoms. The van der Waals surface area contributed by atoms with Crippen LogP contribution in [0.5, 0.6) is 5.75 Å². The molecule has 0 amide bonds. The zero-order valence-electron chi connectivity index (χ0n) is 12.4. The zero-order valence-corrected chi connectivity index (χ0v) is 12.4. The standard InChI is InChI=1S/C16H24O3/c1-5-7-17-15-11-12(3)14(10-13(15)4)16(6-2)18-8-9-19-16/h10-11H,5-9H2,1-4H3. The van der Waals surface area contributed by atoms with Crippen LogP contribution in [0.4, 0.5) is 0 Å². The Kier molecular flexibility index (Phi) is 4.48. The van der Waals surface area contributed by atoms with Gasteiger partial charge in [0.2, 0.25) is 0 Å². The molecule has 0 radical (unpaired) electrons. The summed E-state index contributed by atoms with van der Waals surface area (Å²) >= 11 is 0. The predicted molar refractivity (Wildman–Crippen MR) is 75.6 cm³/mol. The van der Waals surface area contributed by atoms with Crippen molar-refractivity contribution in [3.63, 3.8) is 0 Å². The lowest BCUT2D eigenvalue weighted by molar-refractivity contribution is -0.168. The van der Waals surface area contributed by atoms with Gasteiger partial charge in [0.05, 0.1) is 19.8 Å². The Morgan fingerprint density at radius 3 is 2.37 bits per heavy atom. The SMILES string of the molecule is CCCOc1cc(C)c(C2(CC)OCCO2)cc1C. The third kappa shape index (κ3) is 2.77. The molecule has 106 valence electrons. The maximum Gasteiger partial charge on any atom is 0.194 e. The third-order valence-corrected chi connectivity index (χ3v) is 3.61. The topological polar surface area (TPSA) is 27.7 Å². The summed E-state index contributed by atoms with van der Waals surface area (Å²) in [7, 11) is 0. The van der Waals surface area contributed by atoms with Crippen LogP contribution in [0.3, 0.4) is 0 Å². The van der Waals surface area contributed by atoms with E-state index in [1.165, 1.54) is 5.56 Å². The van der Waals surface area contributed by atoms with Crippen molar-refractivity contribution in [2.75, 3.05) is 19.8 Å². The van der Waals surface area contributed by atoms with Crippen molar-refractivity contribution in [3.05, 3.63) is 28.8 Å². The molecular formula is C16H24O3. The normalized spacial score (nSPS) is 17.7. The number of rotatable bonds is 5. The van der Waals surface area contributed by atoms with Crippen molar-refractivity contribution in [3.8, 4) is 5.75 Å². The van der Waals surface area contributed by atoms with Gasteiger partial charge in [-0.15, -0.1) is 0 Å². The lowest BCUT2D eigenvalue weighted by Crippen LogP contribution is -2.27. The fourth-order valence-corrected chi connectivity index (χ4v) is 2.57. The Bertz CT molecular complexity index is 434. The van der Waals surface area contributed by atoms with Crippen LogP contribution in [0.15, 0.2) is 12.1 Å². The fraction of sp³-hybridized carbons (Fsp3) is 0.625. The number of hydrogen-bond acceptors (Lipinski definition) is 3. The van der Waals surface area contributed by atoms with Crippen LogP contribution in [-0.2, 0) is 15.3 Å². The van der Waals surface area contributed by atoms with Crippen molar-refractivity contribution in [1.82, 2.24) is 0 Å². The largest absolute Gasteiger partial charge is 0.493 e. The smallest absolute Gasteiger partial charge is 0.194 e. The summed E-state index contributed by atoms with van der Waals surface area (Å²) in [4.78, 5) is 0. The third-order valence-electron chi connectivity index (χ3n) is 3.61. The van der Waals surface area contributed by atoms with Crippen molar-refractivity contribution in [2.24, 2.45) is 0 Å². The number of hydrogen-bond donors (Lipinski definition) is 0. The average molecular weight is 264 g/mol. The van der Waals surface area contributed by atoms with Gasteiger partial charge in [-0.2, -0.15) is 0 Å². The Morgan fingerprint density at radius 1 is 1.11 bits per heavy atom. The van der Waals surface area contributed by atoms with Crippen molar-refractivity contribution in [2.45, 2.75) is 46.3 Å². The lowest BCUT2D eigenvalue weighted by Gasteiger charge is -2.29. The highest BCUT2D eigenvalue weighted by Gasteiger charge is 2.38. The summed E-state index contributed by atoms with van der Waals surface area (Å²) < 4.78 is 17.5. The Morgan fingerprint density at radius 2 is 1.79 bits per heavy atom. The maximum atomic E-state index is 5.87. The van der Waals surface area contributed by atoms with Crippen LogP contribution in [0.1, 0.15) is 43.4 Å². The molecule has 0 aliphatic carbocycles. The Balaban J connectivity index is 2.34. The molecule has 19 heavy (non-hydrogen) atoms. The summed E-state index contributed by atoms with van der Waals surface area (Å²) in [5, 5.41) is 0. The van der Waals surface area contributed by atoms with Crippen molar-refractivity contribution < 1.29 is 14.2 Å². The summed E-state index contributed by atoms with van der Waals surface area (Å²) in [5.41, 5.74) is 3.44. The summed E-state index contributed by atoms with van der Waals surface area (Å²) in [6.45, 7) is 10.5. The van der Waals surface area contributed by atoms with E-state index >= 15 is 0 Å². The highest BCUT2D eigenvalue weighted by atomic mass is 16.7. The molecule has 0 atom stereocenters. The molecule has 0 N–H and O–H groups in total. The Labute approximate surface area is 115 Å². The average Bonchev–Trinajstić information content (AvgIpc) is 2.89. The van der Waals surface area contributed by atoms with Crippen LogP contribution in [-0.4, -0.2) is 19.8 Å². The van der Waals surface area contributed by atoms with Crippen molar-refractivity contribution >= 4 is 0 Å². The highest BCUT2D eigenvalue weighted by Crippen LogP contribution is 2.38. The van der Waals surface area contributed by atoms with Gasteiger partial charge in [-0.3, -0.25) is 0 Å². The van der Waals surface area contributed by atoms with E-state index in [0.717, 1.165) is 36.3 Å². The second-order valence-electron chi connectivity index (χ2n) is 5.08. The number of aryl methyl sites for hydroxylation is 2. The van der Waals surface area contributed by atoms with E-state index in [2.05, 4.69) is 39.8 Å². The van der Waals surface area contributed by atoms with E-state index in [9.17, 15) is 0 Å². The quantitative estimate of drug-likeness (QED) is 0.811. The van der Waals surface area contributed by atoms with Gasteiger partial charge in [0.1, 0.15) is 5.75 Å². The van der Waals surface area contributed by atoms with Gasteiger partial charge in [-0.1, -0.05) is 13.8 Å². The van der Waals surface area contributed by atoms with Gasteiger partial charge in [0.25, 0.3) is 0 Å². The molecule has 3 heteroatoms. The van der Waals surface area contributed by atoms with Gasteiger partial charge in [-0.05, 0) is 43.5 Å². The van der Waals surface area contributed by atoms with Gasteiger partial charge in [-0.25, -0.2) is 0 Å². The van der Waals surface area contributed by atoms with E-state index in [4.69, 9.17) is 14.2 Å². The van der Waals surface area contributed by atoms with Crippen LogP contribution in [0.25, 0.3) is 0 Å². The van der Waals surface area contributed by atoms with Gasteiger partial charge < -0.3 is 14.2 Å². The molecule has 1 fully saturated rings. The first kappa shape index (κ1) is 14.4. The first-order valence-electron chi connectivity index (χ1n) is 7.15. The molecule has 0 saturated carbocycles. The molecule has 1 aliphatic heterocycles. The van der Waals surface area contributed by atoms with E-state index < -0.39 is 5.79 Å². The van der Waals surface area contributed by atoms with Crippen LogP contribution in [0, 0.1) is 13.8 Å². The van der Waals surface area contributed by atoms with Gasteiger partial charge >= 0.3 is 0 Å². The molecule has 0 unspecified atom stereocenters. The number of benzene rings is 1. The van der Waals surface area contributed by atoms with E-state index in [-0.39, 0.29) is 0 Å². The molecule has 1 saturated heterocycles. The minimum Gasteiger partial charge on any atom is -0.493 e. The molecule has 1 aliphatic rings. The molecule has 1 aromatic carbocycles. The van der Waals surface area contributed by atoms with E-state index in [1.807, 2.05) is 0 Å². The second kappa shape index (κ2) is 5.93. The monoisotopic (exact) mass is 264 g/mol. The lowest BCUT2D eigenvalue weighted by atomic mass is 9.95.